The van der Waals surface area contributed by atoms with Crippen LogP contribution in [0.5, 0.6) is 0 Å². The van der Waals surface area contributed by atoms with Gasteiger partial charge in [-0.2, -0.15) is 0 Å². The smallest absolute Gasteiger partial charge is 0.308 e. The average molecular weight is 247 g/mol. The molecule has 0 bridgehead atoms. The maximum Gasteiger partial charge on any atom is 0.308 e. The molecule has 0 aliphatic rings. The van der Waals surface area contributed by atoms with Gasteiger partial charge in [-0.3, -0.25) is 9.78 Å². The summed E-state index contributed by atoms with van der Waals surface area (Å²) in [5.41, 5.74) is 1.03. The first-order valence-electron chi connectivity index (χ1n) is 5.53. The van der Waals surface area contributed by atoms with E-state index < -0.39 is 11.9 Å². The minimum absolute atomic E-state index is 0.267. The molecule has 0 radical (unpaired) electrons. The van der Waals surface area contributed by atoms with Gasteiger partial charge in [0.05, 0.1) is 12.5 Å². The molecule has 0 saturated heterocycles. The second-order valence-corrected chi connectivity index (χ2v) is 4.05. The third-order valence-electron chi connectivity index (χ3n) is 2.59. The molecule has 2 heterocycles. The van der Waals surface area contributed by atoms with E-state index in [4.69, 9.17) is 5.11 Å². The zero-order valence-electron chi connectivity index (χ0n) is 9.89. The fourth-order valence-electron chi connectivity index (χ4n) is 1.51. The molecule has 0 spiro atoms. The number of aliphatic carboxylic acids is 1. The van der Waals surface area contributed by atoms with Crippen LogP contribution in [-0.4, -0.2) is 36.3 Å². The molecule has 0 fully saturated rings. The Morgan fingerprint density at radius 1 is 1.44 bits per heavy atom. The first kappa shape index (κ1) is 12.2. The summed E-state index contributed by atoms with van der Waals surface area (Å²) in [5.74, 6) is -0.737. The van der Waals surface area contributed by atoms with Gasteiger partial charge in [0.1, 0.15) is 0 Å². The summed E-state index contributed by atoms with van der Waals surface area (Å²) in [7, 11) is 0. The molecule has 7 nitrogen and oxygen atoms in total. The van der Waals surface area contributed by atoms with Gasteiger partial charge in [0, 0.05) is 18.8 Å². The van der Waals surface area contributed by atoms with Crippen molar-refractivity contribution in [1.29, 1.82) is 0 Å². The first-order valence-corrected chi connectivity index (χ1v) is 5.53. The Balaban J connectivity index is 2.11. The fraction of sp³-hybridized carbons (Fsp3) is 0.364. The molecule has 1 atom stereocenters. The number of rotatable bonds is 5. The SMILES string of the molecule is CC(Cn1nnnc1Cc1ccncc1)C(=O)O. The van der Waals surface area contributed by atoms with Crippen LogP contribution >= 0.6 is 0 Å². The Hall–Kier alpha value is -2.31. The van der Waals surface area contributed by atoms with E-state index in [1.807, 2.05) is 12.1 Å². The van der Waals surface area contributed by atoms with Gasteiger partial charge in [-0.25, -0.2) is 4.68 Å². The molecule has 2 rings (SSSR count). The Labute approximate surface area is 103 Å². The molecule has 18 heavy (non-hydrogen) atoms. The van der Waals surface area contributed by atoms with E-state index in [1.54, 1.807) is 19.3 Å². The summed E-state index contributed by atoms with van der Waals surface area (Å²) in [5, 5.41) is 20.2. The van der Waals surface area contributed by atoms with Crippen LogP contribution in [0.1, 0.15) is 18.3 Å². The lowest BCUT2D eigenvalue weighted by Crippen LogP contribution is -2.19. The Morgan fingerprint density at radius 2 is 2.17 bits per heavy atom. The highest BCUT2D eigenvalue weighted by Crippen LogP contribution is 2.07. The quantitative estimate of drug-likeness (QED) is 0.820. The largest absolute Gasteiger partial charge is 0.481 e. The summed E-state index contributed by atoms with van der Waals surface area (Å²) in [6.07, 6.45) is 3.95. The molecule has 1 unspecified atom stereocenters. The molecule has 1 N–H and O–H groups in total. The van der Waals surface area contributed by atoms with E-state index in [1.165, 1.54) is 4.68 Å². The fourth-order valence-corrected chi connectivity index (χ4v) is 1.51. The topological polar surface area (TPSA) is 93.8 Å². The second-order valence-electron chi connectivity index (χ2n) is 4.05. The van der Waals surface area contributed by atoms with E-state index in [-0.39, 0.29) is 6.54 Å². The van der Waals surface area contributed by atoms with Crippen LogP contribution < -0.4 is 0 Å². The number of hydrogen-bond acceptors (Lipinski definition) is 5. The van der Waals surface area contributed by atoms with Crippen molar-refractivity contribution >= 4 is 5.97 Å². The molecule has 0 aliphatic carbocycles. The highest BCUT2D eigenvalue weighted by molar-refractivity contribution is 5.69. The van der Waals surface area contributed by atoms with Gasteiger partial charge in [-0.1, -0.05) is 6.92 Å². The summed E-state index contributed by atoms with van der Waals surface area (Å²) >= 11 is 0. The standard InChI is InChI=1S/C11H13N5O2/c1-8(11(17)18)7-16-10(13-14-15-16)6-9-2-4-12-5-3-9/h2-5,8H,6-7H2,1H3,(H,17,18). The molecule has 2 aromatic rings. The van der Waals surface area contributed by atoms with Crippen molar-refractivity contribution in [3.63, 3.8) is 0 Å². The monoisotopic (exact) mass is 247 g/mol. The number of carbonyl (C=O) groups is 1. The number of hydrogen-bond donors (Lipinski definition) is 1. The number of carboxylic acids is 1. The molecule has 0 aliphatic heterocycles. The van der Waals surface area contributed by atoms with E-state index in [9.17, 15) is 4.79 Å². The molecule has 2 aromatic heterocycles. The predicted molar refractivity (Wildman–Crippen MR) is 61.7 cm³/mol. The summed E-state index contributed by atoms with van der Waals surface area (Å²) in [6, 6.07) is 3.75. The minimum atomic E-state index is -0.861. The zero-order valence-corrected chi connectivity index (χ0v) is 9.89. The number of tetrazole rings is 1. The molecule has 0 saturated carbocycles. The van der Waals surface area contributed by atoms with E-state index in [2.05, 4.69) is 20.5 Å². The Bertz CT molecular complexity index is 525. The lowest BCUT2D eigenvalue weighted by molar-refractivity contribution is -0.141. The zero-order chi connectivity index (χ0) is 13.0. The van der Waals surface area contributed by atoms with Crippen molar-refractivity contribution in [2.45, 2.75) is 19.9 Å². The second kappa shape index (κ2) is 5.35. The van der Waals surface area contributed by atoms with Gasteiger partial charge in [0.2, 0.25) is 0 Å². The highest BCUT2D eigenvalue weighted by atomic mass is 16.4. The van der Waals surface area contributed by atoms with Gasteiger partial charge in [0.15, 0.2) is 5.82 Å². The van der Waals surface area contributed by atoms with Crippen LogP contribution in [0.25, 0.3) is 0 Å². The van der Waals surface area contributed by atoms with Crippen molar-refractivity contribution in [2.75, 3.05) is 0 Å². The number of aromatic nitrogens is 5. The van der Waals surface area contributed by atoms with Crippen LogP contribution in [0.15, 0.2) is 24.5 Å². The lowest BCUT2D eigenvalue weighted by atomic mass is 10.1. The van der Waals surface area contributed by atoms with Crippen molar-refractivity contribution < 1.29 is 9.90 Å². The molecule has 94 valence electrons. The summed E-state index contributed by atoms with van der Waals surface area (Å²) in [4.78, 5) is 14.7. The summed E-state index contributed by atoms with van der Waals surface area (Å²) in [6.45, 7) is 1.89. The van der Waals surface area contributed by atoms with Crippen molar-refractivity contribution in [3.8, 4) is 0 Å². The molecule has 0 aromatic carbocycles. The number of carboxylic acid groups (broad SMARTS) is 1. The van der Waals surface area contributed by atoms with Crippen LogP contribution in [0.2, 0.25) is 0 Å². The Kier molecular flexibility index (Phi) is 3.61. The maximum atomic E-state index is 10.8. The van der Waals surface area contributed by atoms with Crippen LogP contribution in [0.3, 0.4) is 0 Å². The van der Waals surface area contributed by atoms with Crippen LogP contribution in [0, 0.1) is 5.92 Å². The normalized spacial score (nSPS) is 12.3. The number of nitrogens with zero attached hydrogens (tertiary/aromatic N) is 5. The van der Waals surface area contributed by atoms with Crippen molar-refractivity contribution in [2.24, 2.45) is 5.92 Å². The maximum absolute atomic E-state index is 10.8. The third kappa shape index (κ3) is 2.88. The lowest BCUT2D eigenvalue weighted by Gasteiger charge is -2.07. The van der Waals surface area contributed by atoms with Gasteiger partial charge >= 0.3 is 5.97 Å². The molecule has 7 heteroatoms. The van der Waals surface area contributed by atoms with Gasteiger partial charge in [-0.05, 0) is 28.1 Å². The van der Waals surface area contributed by atoms with Crippen LogP contribution in [-0.2, 0) is 17.8 Å². The van der Waals surface area contributed by atoms with Crippen molar-refractivity contribution in [1.82, 2.24) is 25.2 Å². The summed E-state index contributed by atoms with van der Waals surface area (Å²) < 4.78 is 1.53. The van der Waals surface area contributed by atoms with Crippen molar-refractivity contribution in [3.05, 3.63) is 35.9 Å². The average Bonchev–Trinajstić information content (AvgIpc) is 2.78. The van der Waals surface area contributed by atoms with Gasteiger partial charge in [-0.15, -0.1) is 5.10 Å². The van der Waals surface area contributed by atoms with E-state index in [0.717, 1.165) is 5.56 Å². The molecule has 0 amide bonds. The highest BCUT2D eigenvalue weighted by Gasteiger charge is 2.15. The first-order chi connectivity index (χ1) is 8.66. The predicted octanol–water partition coefficient (Wildman–Crippen LogP) is 0.380. The Morgan fingerprint density at radius 3 is 2.83 bits per heavy atom. The van der Waals surface area contributed by atoms with E-state index >= 15 is 0 Å². The number of pyridine rings is 1. The minimum Gasteiger partial charge on any atom is -0.481 e. The third-order valence-corrected chi connectivity index (χ3v) is 2.59. The van der Waals surface area contributed by atoms with Gasteiger partial charge < -0.3 is 5.11 Å². The van der Waals surface area contributed by atoms with Crippen LogP contribution in [0.4, 0.5) is 0 Å². The molecular formula is C11H13N5O2. The van der Waals surface area contributed by atoms with Gasteiger partial charge in [0.25, 0.3) is 0 Å². The van der Waals surface area contributed by atoms with E-state index in [0.29, 0.717) is 12.2 Å². The molecular weight excluding hydrogens is 234 g/mol.